The van der Waals surface area contributed by atoms with Gasteiger partial charge in [-0.2, -0.15) is 0 Å². The summed E-state index contributed by atoms with van der Waals surface area (Å²) in [5.74, 6) is -1.59. The number of hydrogen-bond donors (Lipinski definition) is 4. The molecular weight excluding hydrogens is 1360 g/mol. The van der Waals surface area contributed by atoms with Crippen molar-refractivity contribution in [2.45, 2.75) is 360 Å². The highest BCUT2D eigenvalue weighted by Gasteiger charge is 2.29. The summed E-state index contributed by atoms with van der Waals surface area (Å²) in [6, 6.07) is 0. The molecule has 0 aliphatic heterocycles. The maximum absolute atomic E-state index is 13.0. The normalized spacial score (nSPS) is 14.6. The van der Waals surface area contributed by atoms with Crippen molar-refractivity contribution in [1.29, 1.82) is 0 Å². The number of phosphoric ester groups is 2. The number of unbranched alkanes of at least 4 members (excludes halogenated alkanes) is 33. The van der Waals surface area contributed by atoms with Crippen LogP contribution in [0.25, 0.3) is 0 Å². The zero-order valence-electron chi connectivity index (χ0n) is 66.1. The molecule has 0 saturated heterocycles. The van der Waals surface area contributed by atoms with E-state index < -0.39 is 91.5 Å². The number of hydrogen-bond acceptors (Lipinski definition) is 14. The van der Waals surface area contributed by atoms with Gasteiger partial charge in [-0.25, -0.2) is 9.13 Å². The molecule has 604 valence electrons. The second-order valence-corrected chi connectivity index (χ2v) is 30.4. The van der Waals surface area contributed by atoms with E-state index in [1.165, 1.54) is 109 Å². The van der Waals surface area contributed by atoms with Crippen molar-refractivity contribution in [2.24, 2.45) is 0 Å². The monoisotopic (exact) mass is 1510 g/mol. The lowest BCUT2D eigenvalue weighted by atomic mass is 10.0. The van der Waals surface area contributed by atoms with Crippen LogP contribution in [0.2, 0.25) is 0 Å². The van der Waals surface area contributed by atoms with E-state index in [2.05, 4.69) is 154 Å². The number of allylic oxidation sites excluding steroid dienone is 22. The standard InChI is InChI=1S/C87H150O16P2/c1-4-7-10-13-16-19-22-25-28-31-33-34-35-36-37-38-39-40-41-42-43-44-45-46-48-51-52-55-58-61-64-67-70-73-85(90)97-76-82(88)77-99-104(93,94)100-78-83(89)79-101-105(95,96)102-81-84(103-87(92)75-72-69-66-63-60-57-54-49-30-27-24-21-18-15-12-9-6-3)80-98-86(91)74-71-68-65-62-59-56-53-50-47-32-29-26-23-20-17-14-11-8-5-2/h7,9-10,12,16-21,25-30,33-34,36-37,47,50,82-84,88-89H,4-6,8,11,13-15,22-24,31-32,35,38-46,48-49,51-81H2,1-3H3,(H,93,94)(H,95,96)/b10-7-,12-9-,19-16-,20-17-,21-18-,28-25-,29-26-,30-27-,34-33-,37-36-,50-47-. The summed E-state index contributed by atoms with van der Waals surface area (Å²) in [5.41, 5.74) is 0. The highest BCUT2D eigenvalue weighted by Crippen LogP contribution is 2.45. The van der Waals surface area contributed by atoms with Crippen LogP contribution in [0.15, 0.2) is 134 Å². The van der Waals surface area contributed by atoms with Crippen LogP contribution in [0.3, 0.4) is 0 Å². The van der Waals surface area contributed by atoms with E-state index in [1.54, 1.807) is 0 Å². The van der Waals surface area contributed by atoms with E-state index in [4.69, 9.17) is 32.3 Å². The van der Waals surface area contributed by atoms with Gasteiger partial charge in [0.2, 0.25) is 0 Å². The van der Waals surface area contributed by atoms with Crippen LogP contribution in [0.4, 0.5) is 0 Å². The number of aliphatic hydroxyl groups is 2. The average Bonchev–Trinajstić information content (AvgIpc) is 0.911. The molecule has 0 fully saturated rings. The predicted molar refractivity (Wildman–Crippen MR) is 436 cm³/mol. The van der Waals surface area contributed by atoms with Crippen LogP contribution < -0.4 is 0 Å². The molecule has 105 heavy (non-hydrogen) atoms. The summed E-state index contributed by atoms with van der Waals surface area (Å²) in [5, 5.41) is 20.7. The third kappa shape index (κ3) is 80.5. The first-order valence-corrected chi connectivity index (χ1v) is 44.5. The number of carbonyl (C=O) groups excluding carboxylic acids is 3. The molecule has 0 heterocycles. The summed E-state index contributed by atoms with van der Waals surface area (Å²) in [6.07, 6.45) is 96.5. The van der Waals surface area contributed by atoms with E-state index in [0.29, 0.717) is 19.3 Å². The Morgan fingerprint density at radius 3 is 0.800 bits per heavy atom. The van der Waals surface area contributed by atoms with Gasteiger partial charge in [-0.15, -0.1) is 0 Å². The Hall–Kier alpha value is -4.31. The van der Waals surface area contributed by atoms with E-state index in [0.717, 1.165) is 173 Å². The van der Waals surface area contributed by atoms with Gasteiger partial charge < -0.3 is 34.2 Å². The molecule has 0 saturated carbocycles. The van der Waals surface area contributed by atoms with Crippen LogP contribution in [0.5, 0.6) is 0 Å². The molecule has 0 bridgehead atoms. The maximum Gasteiger partial charge on any atom is 0.472 e. The summed E-state index contributed by atoms with van der Waals surface area (Å²) < 4.78 is 61.2. The Morgan fingerprint density at radius 2 is 0.505 bits per heavy atom. The molecule has 5 atom stereocenters. The molecule has 0 radical (unpaired) electrons. The Labute approximate surface area is 639 Å². The van der Waals surface area contributed by atoms with E-state index in [9.17, 15) is 43.5 Å². The lowest BCUT2D eigenvalue weighted by Crippen LogP contribution is -2.30. The van der Waals surface area contributed by atoms with Crippen LogP contribution in [-0.2, 0) is 55.8 Å². The Bertz CT molecular complexity index is 2440. The first-order chi connectivity index (χ1) is 51.2. The third-order valence-corrected chi connectivity index (χ3v) is 19.2. The number of aliphatic hydroxyl groups excluding tert-OH is 2. The first kappa shape index (κ1) is 101. The molecule has 0 aromatic heterocycles. The van der Waals surface area contributed by atoms with Gasteiger partial charge in [0.25, 0.3) is 0 Å². The second-order valence-electron chi connectivity index (χ2n) is 27.5. The lowest BCUT2D eigenvalue weighted by Gasteiger charge is -2.21. The molecule has 0 aromatic rings. The fraction of sp³-hybridized carbons (Fsp3) is 0.713. The second kappa shape index (κ2) is 79.2. The average molecular weight is 1510 g/mol. The summed E-state index contributed by atoms with van der Waals surface area (Å²) in [6.45, 7) is 2.43. The molecule has 0 aliphatic carbocycles. The minimum atomic E-state index is -4.94. The number of carbonyl (C=O) groups is 3. The maximum atomic E-state index is 13.0. The number of esters is 3. The Kier molecular flexibility index (Phi) is 76.0. The number of phosphoric acid groups is 2. The summed E-state index contributed by atoms with van der Waals surface area (Å²) >= 11 is 0. The lowest BCUT2D eigenvalue weighted by molar-refractivity contribution is -0.161. The fourth-order valence-corrected chi connectivity index (χ4v) is 12.7. The zero-order valence-corrected chi connectivity index (χ0v) is 67.9. The van der Waals surface area contributed by atoms with Crippen molar-refractivity contribution in [3.63, 3.8) is 0 Å². The molecule has 0 amide bonds. The summed E-state index contributed by atoms with van der Waals surface area (Å²) in [4.78, 5) is 58.7. The van der Waals surface area contributed by atoms with Crippen molar-refractivity contribution >= 4 is 33.6 Å². The van der Waals surface area contributed by atoms with Crippen molar-refractivity contribution in [2.75, 3.05) is 39.6 Å². The Balaban J connectivity index is 4.47. The molecule has 0 aliphatic rings. The molecule has 0 spiro atoms. The summed E-state index contributed by atoms with van der Waals surface area (Å²) in [7, 11) is -9.80. The van der Waals surface area contributed by atoms with Crippen molar-refractivity contribution in [3.05, 3.63) is 134 Å². The minimum absolute atomic E-state index is 0.0885. The Morgan fingerprint density at radius 1 is 0.276 bits per heavy atom. The smallest absolute Gasteiger partial charge is 0.463 e. The van der Waals surface area contributed by atoms with Crippen molar-refractivity contribution in [1.82, 2.24) is 0 Å². The number of rotatable bonds is 78. The van der Waals surface area contributed by atoms with Crippen molar-refractivity contribution < 1.29 is 75.8 Å². The van der Waals surface area contributed by atoms with Gasteiger partial charge in [-0.3, -0.25) is 32.5 Å². The van der Waals surface area contributed by atoms with Gasteiger partial charge in [0.15, 0.2) is 6.10 Å². The van der Waals surface area contributed by atoms with Crippen LogP contribution in [0.1, 0.15) is 342 Å². The van der Waals surface area contributed by atoms with Gasteiger partial charge in [0.05, 0.1) is 26.4 Å². The molecule has 0 rings (SSSR count). The molecular formula is C87H150O16P2. The van der Waals surface area contributed by atoms with Gasteiger partial charge in [-0.05, 0) is 135 Å². The zero-order chi connectivity index (χ0) is 76.6. The topological polar surface area (TPSA) is 231 Å². The third-order valence-electron chi connectivity index (χ3n) is 17.3. The molecule has 18 heteroatoms. The number of ether oxygens (including phenoxy) is 3. The molecule has 0 aromatic carbocycles. The molecule has 5 unspecified atom stereocenters. The van der Waals surface area contributed by atoms with Gasteiger partial charge in [0, 0.05) is 19.3 Å². The first-order valence-electron chi connectivity index (χ1n) is 41.5. The highest BCUT2D eigenvalue weighted by molar-refractivity contribution is 7.47. The van der Waals surface area contributed by atoms with Gasteiger partial charge >= 0.3 is 33.6 Å². The quantitative estimate of drug-likeness (QED) is 0.0146. The van der Waals surface area contributed by atoms with E-state index in [-0.39, 0.29) is 19.3 Å². The van der Waals surface area contributed by atoms with Gasteiger partial charge in [0.1, 0.15) is 25.4 Å². The van der Waals surface area contributed by atoms with Gasteiger partial charge in [-0.1, -0.05) is 321 Å². The van der Waals surface area contributed by atoms with E-state index in [1.807, 2.05) is 0 Å². The molecule has 4 N–H and O–H groups in total. The highest BCUT2D eigenvalue weighted by atomic mass is 31.2. The fourth-order valence-electron chi connectivity index (χ4n) is 11.1. The van der Waals surface area contributed by atoms with Crippen LogP contribution in [-0.4, -0.2) is 95.9 Å². The minimum Gasteiger partial charge on any atom is -0.463 e. The van der Waals surface area contributed by atoms with Crippen molar-refractivity contribution in [3.8, 4) is 0 Å². The van der Waals surface area contributed by atoms with Crippen LogP contribution >= 0.6 is 15.6 Å². The SMILES string of the molecule is CC/C=C\C/C=C\C/C=C\C/C=C\C/C=C\CCCCCCCCCCCCCCCCCCCC(=O)OCC(O)COP(=O)(O)OCC(O)COP(=O)(O)OCC(COC(=O)CCCCCCCC/C=C\C/C=C\C/C=C\CCCCC)OC(=O)CCCCCCCCC/C=C\C/C=C\C/C=C\CC. The van der Waals surface area contributed by atoms with Crippen LogP contribution in [0, 0.1) is 0 Å². The molecule has 16 nitrogen and oxygen atoms in total. The predicted octanol–water partition coefficient (Wildman–Crippen LogP) is 24.7. The van der Waals surface area contributed by atoms with E-state index >= 15 is 0 Å². The largest absolute Gasteiger partial charge is 0.472 e.